The molecule has 3 aromatic rings. The van der Waals surface area contributed by atoms with Gasteiger partial charge in [0.15, 0.2) is 5.78 Å². The van der Waals surface area contributed by atoms with E-state index in [1.807, 2.05) is 66.7 Å². The average molecular weight is 321 g/mol. The van der Waals surface area contributed by atoms with Gasteiger partial charge in [0.1, 0.15) is 12.4 Å². The minimum Gasteiger partial charge on any atom is -0.488 e. The Morgan fingerprint density at radius 3 is 2.57 bits per heavy atom. The maximum Gasteiger partial charge on any atom is 0.196 e. The van der Waals surface area contributed by atoms with E-state index in [1.54, 1.807) is 0 Å². The molecule has 0 radical (unpaired) electrons. The molecule has 1 heterocycles. The molecule has 0 aliphatic carbocycles. The van der Waals surface area contributed by atoms with Gasteiger partial charge < -0.3 is 4.74 Å². The highest BCUT2D eigenvalue weighted by atomic mass is 35.5. The lowest BCUT2D eigenvalue weighted by Crippen LogP contribution is -2.19. The highest BCUT2D eigenvalue weighted by Crippen LogP contribution is 2.34. The SMILES string of the molecule is O=C1/C(=C/c2ccc(Cl)cc2)COc2ccc3ccccc3c21. The van der Waals surface area contributed by atoms with Crippen molar-refractivity contribution in [3.63, 3.8) is 0 Å². The molecule has 0 aromatic heterocycles. The Kier molecular flexibility index (Phi) is 3.40. The van der Waals surface area contributed by atoms with Crippen LogP contribution in [-0.2, 0) is 0 Å². The van der Waals surface area contributed by atoms with E-state index in [-0.39, 0.29) is 12.4 Å². The number of fused-ring (bicyclic) bond motifs is 3. The molecule has 1 aliphatic heterocycles. The van der Waals surface area contributed by atoms with Crippen LogP contribution in [0.2, 0.25) is 5.02 Å². The van der Waals surface area contributed by atoms with Crippen molar-refractivity contribution >= 4 is 34.2 Å². The van der Waals surface area contributed by atoms with Crippen LogP contribution in [0, 0.1) is 0 Å². The number of Topliss-reactive ketones (excluding diaryl/α,β-unsaturated/α-hetero) is 1. The van der Waals surface area contributed by atoms with Crippen LogP contribution in [0.4, 0.5) is 0 Å². The number of carbonyl (C=O) groups excluding carboxylic acids is 1. The highest BCUT2D eigenvalue weighted by Gasteiger charge is 2.25. The zero-order valence-electron chi connectivity index (χ0n) is 12.3. The van der Waals surface area contributed by atoms with Crippen molar-refractivity contribution in [1.82, 2.24) is 0 Å². The van der Waals surface area contributed by atoms with Crippen molar-refractivity contribution < 1.29 is 9.53 Å². The Balaban J connectivity index is 1.82. The van der Waals surface area contributed by atoms with Gasteiger partial charge >= 0.3 is 0 Å². The first-order valence-electron chi connectivity index (χ1n) is 7.38. The summed E-state index contributed by atoms with van der Waals surface area (Å²) in [5, 5.41) is 2.64. The van der Waals surface area contributed by atoms with E-state index >= 15 is 0 Å². The fraction of sp³-hybridized carbons (Fsp3) is 0.0500. The van der Waals surface area contributed by atoms with E-state index in [2.05, 4.69) is 0 Å². The van der Waals surface area contributed by atoms with Crippen LogP contribution in [0.25, 0.3) is 16.8 Å². The zero-order chi connectivity index (χ0) is 15.8. The van der Waals surface area contributed by atoms with E-state index < -0.39 is 0 Å². The van der Waals surface area contributed by atoms with Crippen LogP contribution in [0.3, 0.4) is 0 Å². The summed E-state index contributed by atoms with van der Waals surface area (Å²) in [7, 11) is 0. The van der Waals surface area contributed by atoms with E-state index in [0.717, 1.165) is 16.3 Å². The molecule has 1 aliphatic rings. The van der Waals surface area contributed by atoms with Crippen LogP contribution >= 0.6 is 11.6 Å². The second-order valence-electron chi connectivity index (χ2n) is 5.50. The number of benzene rings is 3. The average Bonchev–Trinajstić information content (AvgIpc) is 2.59. The second kappa shape index (κ2) is 5.56. The molecule has 0 spiro atoms. The standard InChI is InChI=1S/C20H13ClO2/c21-16-8-5-13(6-9-16)11-15-12-23-18-10-7-14-3-1-2-4-17(14)19(18)20(15)22/h1-11H,12H2/b15-11+. The van der Waals surface area contributed by atoms with Crippen LogP contribution in [-0.4, -0.2) is 12.4 Å². The summed E-state index contributed by atoms with van der Waals surface area (Å²) >= 11 is 5.90. The maximum absolute atomic E-state index is 12.9. The number of carbonyl (C=O) groups is 1. The van der Waals surface area contributed by atoms with Gasteiger partial charge in [0, 0.05) is 10.6 Å². The van der Waals surface area contributed by atoms with Gasteiger partial charge in [0.05, 0.1) is 5.56 Å². The first-order chi connectivity index (χ1) is 11.2. The van der Waals surface area contributed by atoms with Gasteiger partial charge in [-0.25, -0.2) is 0 Å². The molecular formula is C20H13ClO2. The van der Waals surface area contributed by atoms with Gasteiger partial charge in [0.25, 0.3) is 0 Å². The van der Waals surface area contributed by atoms with E-state index in [9.17, 15) is 4.79 Å². The van der Waals surface area contributed by atoms with Crippen LogP contribution in [0.5, 0.6) is 5.75 Å². The van der Waals surface area contributed by atoms with Crippen LogP contribution in [0.15, 0.2) is 66.2 Å². The minimum atomic E-state index is 0.0259. The summed E-state index contributed by atoms with van der Waals surface area (Å²) in [6.07, 6.45) is 1.86. The summed E-state index contributed by atoms with van der Waals surface area (Å²) < 4.78 is 5.80. The summed E-state index contributed by atoms with van der Waals surface area (Å²) in [4.78, 5) is 12.9. The lowest BCUT2D eigenvalue weighted by Gasteiger charge is -2.20. The lowest BCUT2D eigenvalue weighted by atomic mass is 9.93. The quantitative estimate of drug-likeness (QED) is 0.579. The fourth-order valence-corrected chi connectivity index (χ4v) is 2.98. The molecule has 3 heteroatoms. The smallest absolute Gasteiger partial charge is 0.196 e. The van der Waals surface area contributed by atoms with Crippen molar-refractivity contribution in [2.45, 2.75) is 0 Å². The molecule has 0 atom stereocenters. The molecular weight excluding hydrogens is 308 g/mol. The highest BCUT2D eigenvalue weighted by molar-refractivity contribution is 6.30. The fourth-order valence-electron chi connectivity index (χ4n) is 2.86. The van der Waals surface area contributed by atoms with E-state index in [1.165, 1.54) is 0 Å². The third kappa shape index (κ3) is 2.51. The van der Waals surface area contributed by atoms with Crippen molar-refractivity contribution in [3.8, 4) is 5.75 Å². The predicted molar refractivity (Wildman–Crippen MR) is 93.2 cm³/mol. The Morgan fingerprint density at radius 2 is 1.74 bits per heavy atom. The lowest BCUT2D eigenvalue weighted by molar-refractivity contribution is 0.100. The van der Waals surface area contributed by atoms with Gasteiger partial charge in [-0.3, -0.25) is 4.79 Å². The Morgan fingerprint density at radius 1 is 0.957 bits per heavy atom. The first kappa shape index (κ1) is 14.0. The molecule has 3 aromatic carbocycles. The molecule has 0 saturated carbocycles. The molecule has 0 N–H and O–H groups in total. The molecule has 4 rings (SSSR count). The number of ketones is 1. The maximum atomic E-state index is 12.9. The van der Waals surface area contributed by atoms with Gasteiger partial charge in [-0.15, -0.1) is 0 Å². The molecule has 112 valence electrons. The summed E-state index contributed by atoms with van der Waals surface area (Å²) in [6.45, 7) is 0.285. The number of hydrogen-bond acceptors (Lipinski definition) is 2. The number of ether oxygens (including phenoxy) is 1. The summed E-state index contributed by atoms with van der Waals surface area (Å²) in [5.74, 6) is 0.681. The van der Waals surface area contributed by atoms with E-state index in [4.69, 9.17) is 16.3 Å². The van der Waals surface area contributed by atoms with Gasteiger partial charge in [0.2, 0.25) is 0 Å². The molecule has 0 saturated heterocycles. The molecule has 23 heavy (non-hydrogen) atoms. The monoisotopic (exact) mass is 320 g/mol. The molecule has 2 nitrogen and oxygen atoms in total. The summed E-state index contributed by atoms with van der Waals surface area (Å²) in [5.41, 5.74) is 2.23. The Bertz CT molecular complexity index is 940. The first-order valence-corrected chi connectivity index (χ1v) is 7.75. The summed E-state index contributed by atoms with van der Waals surface area (Å²) in [6, 6.07) is 19.1. The zero-order valence-corrected chi connectivity index (χ0v) is 13.0. The normalized spacial score (nSPS) is 15.5. The number of rotatable bonds is 1. The van der Waals surface area contributed by atoms with Crippen molar-refractivity contribution in [2.24, 2.45) is 0 Å². The van der Waals surface area contributed by atoms with Crippen molar-refractivity contribution in [3.05, 3.63) is 82.4 Å². The largest absolute Gasteiger partial charge is 0.488 e. The Hall–Kier alpha value is -2.58. The van der Waals surface area contributed by atoms with E-state index in [0.29, 0.717) is 21.9 Å². The topological polar surface area (TPSA) is 26.3 Å². The number of hydrogen-bond donors (Lipinski definition) is 0. The molecule has 0 unspecified atom stereocenters. The van der Waals surface area contributed by atoms with Gasteiger partial charge in [-0.1, -0.05) is 54.1 Å². The van der Waals surface area contributed by atoms with Gasteiger partial charge in [-0.05, 0) is 40.6 Å². The molecule has 0 bridgehead atoms. The molecule has 0 fully saturated rings. The third-order valence-corrected chi connectivity index (χ3v) is 4.26. The van der Waals surface area contributed by atoms with Crippen LogP contribution in [0.1, 0.15) is 15.9 Å². The second-order valence-corrected chi connectivity index (χ2v) is 5.94. The minimum absolute atomic E-state index is 0.0259. The van der Waals surface area contributed by atoms with Crippen LogP contribution < -0.4 is 4.74 Å². The van der Waals surface area contributed by atoms with Crippen molar-refractivity contribution in [1.29, 1.82) is 0 Å². The molecule has 0 amide bonds. The predicted octanol–water partition coefficient (Wildman–Crippen LogP) is 5.15. The number of halogens is 1. The van der Waals surface area contributed by atoms with Crippen molar-refractivity contribution in [2.75, 3.05) is 6.61 Å². The Labute approximate surface area is 139 Å². The van der Waals surface area contributed by atoms with Gasteiger partial charge in [-0.2, -0.15) is 0 Å². The third-order valence-electron chi connectivity index (χ3n) is 4.00.